The van der Waals surface area contributed by atoms with E-state index in [2.05, 4.69) is 5.32 Å². The molecule has 3 N–H and O–H groups in total. The van der Waals surface area contributed by atoms with Gasteiger partial charge in [-0.3, -0.25) is 9.59 Å². The van der Waals surface area contributed by atoms with E-state index in [-0.39, 0.29) is 48.7 Å². The first-order valence-corrected chi connectivity index (χ1v) is 8.36. The third-order valence-electron chi connectivity index (χ3n) is 4.35. The number of halogens is 1. The number of nitrogens with one attached hydrogen (secondary N) is 1. The van der Waals surface area contributed by atoms with Crippen LogP contribution in [0.5, 0.6) is 0 Å². The molecular weight excluding hydrogens is 328 g/mol. The molecule has 6 heteroatoms. The largest absolute Gasteiger partial charge is 0.466 e. The molecule has 134 valence electrons. The molecule has 0 bridgehead atoms. The van der Waals surface area contributed by atoms with Crippen LogP contribution in [0.15, 0.2) is 30.3 Å². The first-order valence-electron chi connectivity index (χ1n) is 8.36. The smallest absolute Gasteiger partial charge is 0.308 e. The highest BCUT2D eigenvalue weighted by molar-refractivity contribution is 5.85. The molecule has 1 aliphatic carbocycles. The highest BCUT2D eigenvalue weighted by atomic mass is 35.5. The number of ether oxygens (including phenoxy) is 1. The normalized spacial score (nSPS) is 21.2. The van der Waals surface area contributed by atoms with Crippen molar-refractivity contribution in [1.29, 1.82) is 0 Å². The predicted molar refractivity (Wildman–Crippen MR) is 95.8 cm³/mol. The summed E-state index contributed by atoms with van der Waals surface area (Å²) < 4.78 is 5.06. The first kappa shape index (κ1) is 20.5. The van der Waals surface area contributed by atoms with E-state index in [4.69, 9.17) is 10.5 Å². The van der Waals surface area contributed by atoms with Crippen LogP contribution >= 0.6 is 12.4 Å². The first-order chi connectivity index (χ1) is 11.1. The summed E-state index contributed by atoms with van der Waals surface area (Å²) in [5.74, 6) is -0.154. The summed E-state index contributed by atoms with van der Waals surface area (Å²) in [7, 11) is 0. The quantitative estimate of drug-likeness (QED) is 0.769. The number of hydrogen-bond acceptors (Lipinski definition) is 4. The van der Waals surface area contributed by atoms with Crippen molar-refractivity contribution in [3.05, 3.63) is 35.9 Å². The van der Waals surface area contributed by atoms with Crippen molar-refractivity contribution in [1.82, 2.24) is 5.32 Å². The SMILES string of the molecule is CCOC(=O)C1CCC(NC(=O)CC(N)c2ccccc2)CC1.Cl. The van der Waals surface area contributed by atoms with E-state index in [0.717, 1.165) is 31.2 Å². The third kappa shape index (κ3) is 6.13. The zero-order valence-corrected chi connectivity index (χ0v) is 14.9. The molecule has 24 heavy (non-hydrogen) atoms. The molecule has 1 fully saturated rings. The van der Waals surface area contributed by atoms with E-state index in [0.29, 0.717) is 6.61 Å². The van der Waals surface area contributed by atoms with Crippen LogP contribution in [0.4, 0.5) is 0 Å². The van der Waals surface area contributed by atoms with Gasteiger partial charge in [0.2, 0.25) is 5.91 Å². The zero-order valence-electron chi connectivity index (χ0n) is 14.1. The minimum absolute atomic E-state index is 0. The van der Waals surface area contributed by atoms with E-state index in [1.165, 1.54) is 0 Å². The maximum Gasteiger partial charge on any atom is 0.308 e. The lowest BCUT2D eigenvalue weighted by atomic mass is 9.86. The molecule has 0 spiro atoms. The van der Waals surface area contributed by atoms with Crippen molar-refractivity contribution in [2.75, 3.05) is 6.61 Å². The van der Waals surface area contributed by atoms with Crippen LogP contribution in [-0.2, 0) is 14.3 Å². The van der Waals surface area contributed by atoms with Crippen LogP contribution in [-0.4, -0.2) is 24.5 Å². The van der Waals surface area contributed by atoms with Gasteiger partial charge in [0.1, 0.15) is 0 Å². The van der Waals surface area contributed by atoms with Crippen LogP contribution in [0.25, 0.3) is 0 Å². The van der Waals surface area contributed by atoms with E-state index in [1.807, 2.05) is 37.3 Å². The number of hydrogen-bond donors (Lipinski definition) is 2. The second kappa shape index (κ2) is 10.3. The number of nitrogens with two attached hydrogens (primary N) is 1. The molecular formula is C18H27ClN2O3. The van der Waals surface area contributed by atoms with E-state index < -0.39 is 0 Å². The van der Waals surface area contributed by atoms with Gasteiger partial charge in [0, 0.05) is 18.5 Å². The number of carbonyl (C=O) groups is 2. The lowest BCUT2D eigenvalue weighted by Crippen LogP contribution is -2.40. The second-order valence-corrected chi connectivity index (χ2v) is 6.09. The minimum Gasteiger partial charge on any atom is -0.466 e. The molecule has 1 atom stereocenters. The van der Waals surface area contributed by atoms with Crippen molar-refractivity contribution in [2.24, 2.45) is 11.7 Å². The average Bonchev–Trinajstić information content (AvgIpc) is 2.56. The Balaban J connectivity index is 0.00000288. The monoisotopic (exact) mass is 354 g/mol. The summed E-state index contributed by atoms with van der Waals surface area (Å²) in [5.41, 5.74) is 7.04. The number of esters is 1. The molecule has 0 heterocycles. The van der Waals surface area contributed by atoms with Gasteiger partial charge in [0.15, 0.2) is 0 Å². The number of carbonyl (C=O) groups excluding carboxylic acids is 2. The number of benzene rings is 1. The molecule has 0 aromatic heterocycles. The molecule has 1 unspecified atom stereocenters. The van der Waals surface area contributed by atoms with Crippen LogP contribution in [0.3, 0.4) is 0 Å². The molecule has 5 nitrogen and oxygen atoms in total. The molecule has 1 saturated carbocycles. The Hall–Kier alpha value is -1.59. The van der Waals surface area contributed by atoms with Crippen molar-refractivity contribution < 1.29 is 14.3 Å². The maximum absolute atomic E-state index is 12.1. The standard InChI is InChI=1S/C18H26N2O3.ClH/c1-2-23-18(22)14-8-10-15(11-9-14)20-17(21)12-16(19)13-6-4-3-5-7-13;/h3-7,14-16H,2,8-12,19H2,1H3,(H,20,21);1H. The Morgan fingerprint density at radius 1 is 1.21 bits per heavy atom. The van der Waals surface area contributed by atoms with E-state index >= 15 is 0 Å². The molecule has 1 aromatic rings. The van der Waals surface area contributed by atoms with Gasteiger partial charge in [-0.1, -0.05) is 30.3 Å². The second-order valence-electron chi connectivity index (χ2n) is 6.09. The number of amides is 1. The Kier molecular flexibility index (Phi) is 8.79. The number of rotatable bonds is 6. The fourth-order valence-electron chi connectivity index (χ4n) is 3.04. The van der Waals surface area contributed by atoms with E-state index in [9.17, 15) is 9.59 Å². The summed E-state index contributed by atoms with van der Waals surface area (Å²) >= 11 is 0. The van der Waals surface area contributed by atoms with Gasteiger partial charge in [0.05, 0.1) is 12.5 Å². The lowest BCUT2D eigenvalue weighted by Gasteiger charge is -2.28. The fraction of sp³-hybridized carbons (Fsp3) is 0.556. The molecule has 0 radical (unpaired) electrons. The van der Waals surface area contributed by atoms with Crippen LogP contribution in [0, 0.1) is 5.92 Å². The Bertz CT molecular complexity index is 516. The zero-order chi connectivity index (χ0) is 16.7. The molecule has 0 aliphatic heterocycles. The Morgan fingerprint density at radius 2 is 1.83 bits per heavy atom. The summed E-state index contributed by atoms with van der Waals surface area (Å²) in [6.07, 6.45) is 3.45. The van der Waals surface area contributed by atoms with Crippen LogP contribution < -0.4 is 11.1 Å². The summed E-state index contributed by atoms with van der Waals surface area (Å²) in [6.45, 7) is 2.24. The van der Waals surface area contributed by atoms with Crippen molar-refractivity contribution in [2.45, 2.75) is 51.1 Å². The third-order valence-corrected chi connectivity index (χ3v) is 4.35. The molecule has 2 rings (SSSR count). The van der Waals surface area contributed by atoms with Gasteiger partial charge >= 0.3 is 5.97 Å². The van der Waals surface area contributed by atoms with Crippen molar-refractivity contribution in [3.8, 4) is 0 Å². The Morgan fingerprint density at radius 3 is 2.42 bits per heavy atom. The minimum atomic E-state index is -0.285. The van der Waals surface area contributed by atoms with Gasteiger partial charge in [0.25, 0.3) is 0 Å². The molecule has 1 amide bonds. The van der Waals surface area contributed by atoms with Gasteiger partial charge in [-0.05, 0) is 38.2 Å². The van der Waals surface area contributed by atoms with Gasteiger partial charge < -0.3 is 15.8 Å². The average molecular weight is 355 g/mol. The Labute approximate surface area is 149 Å². The molecule has 1 aromatic carbocycles. The maximum atomic E-state index is 12.1. The summed E-state index contributed by atoms with van der Waals surface area (Å²) in [6, 6.07) is 9.49. The lowest BCUT2D eigenvalue weighted by molar-refractivity contribution is -0.149. The van der Waals surface area contributed by atoms with Crippen molar-refractivity contribution in [3.63, 3.8) is 0 Å². The van der Waals surface area contributed by atoms with Crippen LogP contribution in [0.2, 0.25) is 0 Å². The summed E-state index contributed by atoms with van der Waals surface area (Å²) in [5, 5.41) is 3.04. The topological polar surface area (TPSA) is 81.4 Å². The van der Waals surface area contributed by atoms with E-state index in [1.54, 1.807) is 0 Å². The van der Waals surface area contributed by atoms with Gasteiger partial charge in [-0.25, -0.2) is 0 Å². The molecule has 1 aliphatic rings. The summed E-state index contributed by atoms with van der Waals surface area (Å²) in [4.78, 5) is 23.8. The fourth-order valence-corrected chi connectivity index (χ4v) is 3.04. The predicted octanol–water partition coefficient (Wildman–Crippen LogP) is 2.74. The van der Waals surface area contributed by atoms with Crippen LogP contribution in [0.1, 0.15) is 50.6 Å². The highest BCUT2D eigenvalue weighted by Gasteiger charge is 2.28. The van der Waals surface area contributed by atoms with Gasteiger partial charge in [-0.2, -0.15) is 0 Å². The highest BCUT2D eigenvalue weighted by Crippen LogP contribution is 2.25. The van der Waals surface area contributed by atoms with Crippen molar-refractivity contribution >= 4 is 24.3 Å². The molecule has 0 saturated heterocycles. The van der Waals surface area contributed by atoms with Gasteiger partial charge in [-0.15, -0.1) is 12.4 Å².